The summed E-state index contributed by atoms with van der Waals surface area (Å²) in [5, 5.41) is 0. The van der Waals surface area contributed by atoms with E-state index in [1.165, 1.54) is 0 Å². The third-order valence-corrected chi connectivity index (χ3v) is 4.46. The number of likely N-dealkylation sites (tertiary alicyclic amines) is 1. The van der Waals surface area contributed by atoms with Crippen molar-refractivity contribution in [3.8, 4) is 5.88 Å². The summed E-state index contributed by atoms with van der Waals surface area (Å²) in [6.45, 7) is 3.10. The highest BCUT2D eigenvalue weighted by Crippen LogP contribution is 2.40. The molecule has 2 aliphatic heterocycles. The minimum atomic E-state index is -0.225. The highest BCUT2D eigenvalue weighted by atomic mass is 16.5. The third kappa shape index (κ3) is 3.08. The Bertz CT molecular complexity index is 502. The summed E-state index contributed by atoms with van der Waals surface area (Å²) < 4.78 is 16.7. The second-order valence-electron chi connectivity index (χ2n) is 5.87. The van der Waals surface area contributed by atoms with Gasteiger partial charge in [0.05, 0.1) is 32.7 Å². The number of carbonyl (C=O) groups is 1. The number of nitrogens with zero attached hydrogens (tertiary/aromatic N) is 2. The summed E-state index contributed by atoms with van der Waals surface area (Å²) in [5.74, 6) is 1.07. The fraction of sp³-hybridized carbons (Fsp3) is 0.625. The van der Waals surface area contributed by atoms with Gasteiger partial charge in [0.25, 0.3) is 0 Å². The summed E-state index contributed by atoms with van der Waals surface area (Å²) >= 11 is 0. The van der Waals surface area contributed by atoms with Gasteiger partial charge in [0.1, 0.15) is 5.60 Å². The van der Waals surface area contributed by atoms with Gasteiger partial charge in [0, 0.05) is 31.9 Å². The zero-order valence-electron chi connectivity index (χ0n) is 12.9. The monoisotopic (exact) mass is 306 g/mol. The number of aromatic nitrogens is 1. The normalized spacial score (nSPS) is 22.6. The maximum atomic E-state index is 12.0. The molecule has 1 aromatic rings. The molecule has 2 saturated heterocycles. The Hall–Kier alpha value is -1.66. The van der Waals surface area contributed by atoms with Crippen molar-refractivity contribution in [1.82, 2.24) is 9.88 Å². The first kappa shape index (κ1) is 15.2. The molecule has 0 N–H and O–H groups in total. The van der Waals surface area contributed by atoms with E-state index in [0.29, 0.717) is 44.5 Å². The average molecular weight is 306 g/mol. The second-order valence-corrected chi connectivity index (χ2v) is 5.87. The Morgan fingerprint density at radius 3 is 3.09 bits per heavy atom. The van der Waals surface area contributed by atoms with E-state index in [4.69, 9.17) is 14.2 Å². The number of rotatable bonds is 6. The Balaban J connectivity index is 1.51. The van der Waals surface area contributed by atoms with E-state index in [-0.39, 0.29) is 11.5 Å². The number of pyridine rings is 1. The molecule has 1 atom stereocenters. The van der Waals surface area contributed by atoms with Gasteiger partial charge in [-0.2, -0.15) is 0 Å². The molecule has 0 bridgehead atoms. The van der Waals surface area contributed by atoms with Gasteiger partial charge in [-0.1, -0.05) is 6.07 Å². The van der Waals surface area contributed by atoms with Crippen molar-refractivity contribution >= 4 is 5.91 Å². The van der Waals surface area contributed by atoms with Crippen LogP contribution in [0.2, 0.25) is 0 Å². The van der Waals surface area contributed by atoms with Crippen LogP contribution in [0, 0.1) is 5.92 Å². The highest BCUT2D eigenvalue weighted by molar-refractivity contribution is 5.77. The zero-order valence-corrected chi connectivity index (χ0v) is 12.9. The zero-order chi connectivity index (χ0) is 15.4. The SMILES string of the molecule is COCCC(=O)N1CC2(C1)OCC[C@@H]2COc1ccccn1. The molecule has 0 unspecified atom stereocenters. The smallest absolute Gasteiger partial charge is 0.225 e. The fourth-order valence-electron chi connectivity index (χ4n) is 3.11. The van der Waals surface area contributed by atoms with Crippen LogP contribution >= 0.6 is 0 Å². The lowest BCUT2D eigenvalue weighted by Crippen LogP contribution is -2.66. The Morgan fingerprint density at radius 1 is 1.50 bits per heavy atom. The van der Waals surface area contributed by atoms with E-state index in [1.807, 2.05) is 23.1 Å². The van der Waals surface area contributed by atoms with Crippen LogP contribution in [0.1, 0.15) is 12.8 Å². The molecule has 1 amide bonds. The quantitative estimate of drug-likeness (QED) is 0.788. The van der Waals surface area contributed by atoms with Gasteiger partial charge in [-0.3, -0.25) is 4.79 Å². The molecule has 3 rings (SSSR count). The third-order valence-electron chi connectivity index (χ3n) is 4.46. The van der Waals surface area contributed by atoms with E-state index < -0.39 is 0 Å². The molecule has 0 saturated carbocycles. The number of amides is 1. The average Bonchev–Trinajstić information content (AvgIpc) is 2.94. The minimum absolute atomic E-state index is 0.132. The summed E-state index contributed by atoms with van der Waals surface area (Å²) in [6.07, 6.45) is 3.12. The number of hydrogen-bond acceptors (Lipinski definition) is 5. The van der Waals surface area contributed by atoms with Gasteiger partial charge in [-0.25, -0.2) is 4.98 Å². The van der Waals surface area contributed by atoms with Crippen LogP contribution in [0.25, 0.3) is 0 Å². The summed E-state index contributed by atoms with van der Waals surface area (Å²) in [5.41, 5.74) is -0.225. The minimum Gasteiger partial charge on any atom is -0.477 e. The first-order valence-electron chi connectivity index (χ1n) is 7.68. The number of ether oxygens (including phenoxy) is 3. The van der Waals surface area contributed by atoms with Gasteiger partial charge in [-0.15, -0.1) is 0 Å². The van der Waals surface area contributed by atoms with Gasteiger partial charge < -0.3 is 19.1 Å². The topological polar surface area (TPSA) is 60.9 Å². The van der Waals surface area contributed by atoms with Crippen LogP contribution in [-0.2, 0) is 14.3 Å². The Morgan fingerprint density at radius 2 is 2.36 bits per heavy atom. The van der Waals surface area contributed by atoms with E-state index in [2.05, 4.69) is 4.98 Å². The van der Waals surface area contributed by atoms with Crippen molar-refractivity contribution in [2.75, 3.05) is 40.0 Å². The Labute approximate surface area is 130 Å². The van der Waals surface area contributed by atoms with Gasteiger partial charge in [-0.05, 0) is 12.5 Å². The van der Waals surface area contributed by atoms with Crippen molar-refractivity contribution < 1.29 is 19.0 Å². The van der Waals surface area contributed by atoms with Crippen molar-refractivity contribution in [2.24, 2.45) is 5.92 Å². The fourth-order valence-corrected chi connectivity index (χ4v) is 3.11. The summed E-state index contributed by atoms with van der Waals surface area (Å²) in [4.78, 5) is 18.0. The molecule has 2 fully saturated rings. The number of hydrogen-bond donors (Lipinski definition) is 0. The van der Waals surface area contributed by atoms with Crippen LogP contribution in [0.4, 0.5) is 0 Å². The van der Waals surface area contributed by atoms with Crippen molar-refractivity contribution in [3.63, 3.8) is 0 Å². The van der Waals surface area contributed by atoms with Crippen LogP contribution < -0.4 is 4.74 Å². The molecule has 0 aromatic carbocycles. The standard InChI is InChI=1S/C16H22N2O4/c1-20-8-6-15(19)18-11-16(12-18)13(5-9-22-16)10-21-14-4-2-3-7-17-14/h2-4,7,13H,5-6,8-12H2,1H3/t13-/m1/s1. The van der Waals surface area contributed by atoms with Crippen LogP contribution in [0.5, 0.6) is 5.88 Å². The van der Waals surface area contributed by atoms with E-state index >= 15 is 0 Å². The van der Waals surface area contributed by atoms with Gasteiger partial charge in [0.15, 0.2) is 0 Å². The molecule has 22 heavy (non-hydrogen) atoms. The highest BCUT2D eigenvalue weighted by Gasteiger charge is 2.54. The molecule has 0 radical (unpaired) electrons. The molecular formula is C16H22N2O4. The molecule has 6 heteroatoms. The molecule has 1 spiro atoms. The molecule has 1 aromatic heterocycles. The number of carbonyl (C=O) groups excluding carboxylic acids is 1. The van der Waals surface area contributed by atoms with E-state index in [9.17, 15) is 4.79 Å². The van der Waals surface area contributed by atoms with Crippen molar-refractivity contribution in [1.29, 1.82) is 0 Å². The van der Waals surface area contributed by atoms with Crippen LogP contribution in [0.15, 0.2) is 24.4 Å². The molecule has 2 aliphatic rings. The lowest BCUT2D eigenvalue weighted by atomic mass is 9.81. The molecule has 0 aliphatic carbocycles. The number of methoxy groups -OCH3 is 1. The predicted molar refractivity (Wildman–Crippen MR) is 79.6 cm³/mol. The largest absolute Gasteiger partial charge is 0.477 e. The first-order chi connectivity index (χ1) is 10.7. The predicted octanol–water partition coefficient (Wildman–Crippen LogP) is 1.11. The maximum absolute atomic E-state index is 12.0. The van der Waals surface area contributed by atoms with E-state index in [0.717, 1.165) is 13.0 Å². The lowest BCUT2D eigenvalue weighted by Gasteiger charge is -2.50. The lowest BCUT2D eigenvalue weighted by molar-refractivity contribution is -0.167. The summed E-state index contributed by atoms with van der Waals surface area (Å²) in [7, 11) is 1.61. The first-order valence-corrected chi connectivity index (χ1v) is 7.68. The van der Waals surface area contributed by atoms with Crippen LogP contribution in [-0.4, -0.2) is 61.4 Å². The summed E-state index contributed by atoms with van der Waals surface area (Å²) in [6, 6.07) is 5.62. The Kier molecular flexibility index (Phi) is 4.59. The van der Waals surface area contributed by atoms with Gasteiger partial charge >= 0.3 is 0 Å². The van der Waals surface area contributed by atoms with Crippen molar-refractivity contribution in [3.05, 3.63) is 24.4 Å². The van der Waals surface area contributed by atoms with Crippen LogP contribution in [0.3, 0.4) is 0 Å². The van der Waals surface area contributed by atoms with Crippen molar-refractivity contribution in [2.45, 2.75) is 18.4 Å². The molecular weight excluding hydrogens is 284 g/mol. The second kappa shape index (κ2) is 6.62. The van der Waals surface area contributed by atoms with E-state index in [1.54, 1.807) is 13.3 Å². The molecule has 6 nitrogen and oxygen atoms in total. The molecule has 3 heterocycles. The maximum Gasteiger partial charge on any atom is 0.225 e. The van der Waals surface area contributed by atoms with Gasteiger partial charge in [0.2, 0.25) is 11.8 Å². The molecule has 120 valence electrons.